The summed E-state index contributed by atoms with van der Waals surface area (Å²) in [5.74, 6) is 6.37. The van der Waals surface area contributed by atoms with Crippen LogP contribution in [0.4, 0.5) is 0 Å². The SMILES string of the molecule is C=CCC(NN)c1ccc(C)c(OC)c1. The van der Waals surface area contributed by atoms with E-state index in [2.05, 4.69) is 12.0 Å². The largest absolute Gasteiger partial charge is 0.496 e. The number of hydrazine groups is 1. The van der Waals surface area contributed by atoms with Gasteiger partial charge in [0.05, 0.1) is 7.11 Å². The van der Waals surface area contributed by atoms with Gasteiger partial charge in [0.2, 0.25) is 0 Å². The predicted octanol–water partition coefficient (Wildman–Crippen LogP) is 2.08. The van der Waals surface area contributed by atoms with E-state index in [4.69, 9.17) is 10.6 Å². The van der Waals surface area contributed by atoms with Crippen molar-refractivity contribution in [1.82, 2.24) is 5.43 Å². The molecule has 3 N–H and O–H groups in total. The molecule has 1 unspecified atom stereocenters. The van der Waals surface area contributed by atoms with Gasteiger partial charge in [-0.2, -0.15) is 0 Å². The lowest BCUT2D eigenvalue weighted by molar-refractivity contribution is 0.410. The molecule has 0 aliphatic carbocycles. The number of nitrogens with one attached hydrogen (secondary N) is 1. The molecule has 82 valence electrons. The molecule has 0 fully saturated rings. The number of rotatable bonds is 5. The van der Waals surface area contributed by atoms with E-state index in [0.717, 1.165) is 23.3 Å². The average molecular weight is 206 g/mol. The van der Waals surface area contributed by atoms with E-state index in [9.17, 15) is 0 Å². The Bertz CT molecular complexity index is 336. The Hall–Kier alpha value is -1.32. The van der Waals surface area contributed by atoms with Gasteiger partial charge in [0.1, 0.15) is 5.75 Å². The summed E-state index contributed by atoms with van der Waals surface area (Å²) >= 11 is 0. The van der Waals surface area contributed by atoms with Gasteiger partial charge < -0.3 is 4.74 Å². The number of benzene rings is 1. The summed E-state index contributed by atoms with van der Waals surface area (Å²) < 4.78 is 5.26. The second-order valence-corrected chi connectivity index (χ2v) is 3.47. The summed E-state index contributed by atoms with van der Waals surface area (Å²) in [6.45, 7) is 5.72. The van der Waals surface area contributed by atoms with Crippen molar-refractivity contribution < 1.29 is 4.74 Å². The second-order valence-electron chi connectivity index (χ2n) is 3.47. The number of aryl methyl sites for hydroxylation is 1. The molecule has 1 rings (SSSR count). The Morgan fingerprint density at radius 2 is 2.33 bits per heavy atom. The quantitative estimate of drug-likeness (QED) is 0.440. The number of ether oxygens (including phenoxy) is 1. The molecule has 3 heteroatoms. The highest BCUT2D eigenvalue weighted by atomic mass is 16.5. The average Bonchev–Trinajstić information content (AvgIpc) is 2.27. The number of methoxy groups -OCH3 is 1. The van der Waals surface area contributed by atoms with Crippen LogP contribution in [-0.2, 0) is 0 Å². The molecule has 1 atom stereocenters. The highest BCUT2D eigenvalue weighted by Crippen LogP contribution is 2.24. The third kappa shape index (κ3) is 2.81. The fourth-order valence-corrected chi connectivity index (χ4v) is 1.52. The van der Waals surface area contributed by atoms with E-state index >= 15 is 0 Å². The molecule has 1 aromatic rings. The zero-order valence-electron chi connectivity index (χ0n) is 9.29. The normalized spacial score (nSPS) is 12.2. The highest BCUT2D eigenvalue weighted by molar-refractivity contribution is 5.37. The Morgan fingerprint density at radius 1 is 1.60 bits per heavy atom. The topological polar surface area (TPSA) is 47.3 Å². The Balaban J connectivity index is 2.97. The summed E-state index contributed by atoms with van der Waals surface area (Å²) in [5, 5.41) is 0. The second kappa shape index (κ2) is 5.53. The third-order valence-corrected chi connectivity index (χ3v) is 2.44. The molecule has 15 heavy (non-hydrogen) atoms. The maximum absolute atomic E-state index is 5.48. The van der Waals surface area contributed by atoms with Crippen LogP contribution >= 0.6 is 0 Å². The van der Waals surface area contributed by atoms with Crippen LogP contribution in [0.25, 0.3) is 0 Å². The van der Waals surface area contributed by atoms with E-state index in [-0.39, 0.29) is 6.04 Å². The molecular weight excluding hydrogens is 188 g/mol. The molecule has 0 amide bonds. The summed E-state index contributed by atoms with van der Waals surface area (Å²) in [6.07, 6.45) is 2.64. The fraction of sp³-hybridized carbons (Fsp3) is 0.333. The first kappa shape index (κ1) is 11.8. The van der Waals surface area contributed by atoms with E-state index in [0.29, 0.717) is 0 Å². The van der Waals surface area contributed by atoms with Gasteiger partial charge in [0.15, 0.2) is 0 Å². The molecule has 0 saturated heterocycles. The lowest BCUT2D eigenvalue weighted by Crippen LogP contribution is -2.27. The molecule has 0 aliphatic rings. The molecule has 3 nitrogen and oxygen atoms in total. The smallest absolute Gasteiger partial charge is 0.122 e. The van der Waals surface area contributed by atoms with Crippen LogP contribution in [-0.4, -0.2) is 7.11 Å². The first-order valence-electron chi connectivity index (χ1n) is 4.94. The molecule has 0 aliphatic heterocycles. The van der Waals surface area contributed by atoms with Gasteiger partial charge in [-0.05, 0) is 30.5 Å². The van der Waals surface area contributed by atoms with Gasteiger partial charge in [-0.1, -0.05) is 18.2 Å². The molecule has 0 aromatic heterocycles. The molecule has 0 spiro atoms. The van der Waals surface area contributed by atoms with E-state index in [1.807, 2.05) is 31.2 Å². The van der Waals surface area contributed by atoms with Crippen LogP contribution in [0.2, 0.25) is 0 Å². The maximum atomic E-state index is 5.48. The van der Waals surface area contributed by atoms with Crippen LogP contribution < -0.4 is 16.0 Å². The van der Waals surface area contributed by atoms with Gasteiger partial charge in [0, 0.05) is 6.04 Å². The van der Waals surface area contributed by atoms with E-state index in [1.165, 1.54) is 0 Å². The van der Waals surface area contributed by atoms with Crippen LogP contribution in [0.3, 0.4) is 0 Å². The monoisotopic (exact) mass is 206 g/mol. The van der Waals surface area contributed by atoms with Crippen molar-refractivity contribution in [2.24, 2.45) is 5.84 Å². The van der Waals surface area contributed by atoms with Crippen LogP contribution in [0.15, 0.2) is 30.9 Å². The van der Waals surface area contributed by atoms with E-state index < -0.39 is 0 Å². The lowest BCUT2D eigenvalue weighted by atomic mass is 10.0. The van der Waals surface area contributed by atoms with Crippen LogP contribution in [0.5, 0.6) is 5.75 Å². The number of nitrogens with two attached hydrogens (primary N) is 1. The predicted molar refractivity (Wildman–Crippen MR) is 62.6 cm³/mol. The maximum Gasteiger partial charge on any atom is 0.122 e. The minimum atomic E-state index is 0.0944. The van der Waals surface area contributed by atoms with Crippen molar-refractivity contribution in [3.63, 3.8) is 0 Å². The minimum Gasteiger partial charge on any atom is -0.496 e. The highest BCUT2D eigenvalue weighted by Gasteiger charge is 2.09. The van der Waals surface area contributed by atoms with Crippen molar-refractivity contribution in [2.45, 2.75) is 19.4 Å². The van der Waals surface area contributed by atoms with E-state index in [1.54, 1.807) is 7.11 Å². The lowest BCUT2D eigenvalue weighted by Gasteiger charge is -2.16. The molecule has 1 aromatic carbocycles. The first-order valence-corrected chi connectivity index (χ1v) is 4.94. The van der Waals surface area contributed by atoms with Gasteiger partial charge in [-0.25, -0.2) is 0 Å². The molecule has 0 heterocycles. The Labute approximate surface area is 90.9 Å². The Kier molecular flexibility index (Phi) is 4.34. The van der Waals surface area contributed by atoms with Gasteiger partial charge in [-0.15, -0.1) is 6.58 Å². The molecule has 0 bridgehead atoms. The zero-order valence-corrected chi connectivity index (χ0v) is 9.29. The zero-order chi connectivity index (χ0) is 11.3. The summed E-state index contributed by atoms with van der Waals surface area (Å²) in [5.41, 5.74) is 5.00. The number of hydrogen-bond donors (Lipinski definition) is 2. The van der Waals surface area contributed by atoms with Crippen molar-refractivity contribution >= 4 is 0 Å². The number of hydrogen-bond acceptors (Lipinski definition) is 3. The summed E-state index contributed by atoms with van der Waals surface area (Å²) in [4.78, 5) is 0. The summed E-state index contributed by atoms with van der Waals surface area (Å²) in [7, 11) is 1.67. The third-order valence-electron chi connectivity index (χ3n) is 2.44. The van der Waals surface area contributed by atoms with Gasteiger partial charge >= 0.3 is 0 Å². The van der Waals surface area contributed by atoms with Crippen molar-refractivity contribution in [1.29, 1.82) is 0 Å². The molecular formula is C12H18N2O. The fourth-order valence-electron chi connectivity index (χ4n) is 1.52. The van der Waals surface area contributed by atoms with Gasteiger partial charge in [0.25, 0.3) is 0 Å². The standard InChI is InChI=1S/C12H18N2O/c1-4-5-11(14-13)10-7-6-9(2)12(8-10)15-3/h4,6-8,11,14H,1,5,13H2,2-3H3. The first-order chi connectivity index (χ1) is 7.22. The van der Waals surface area contributed by atoms with Crippen LogP contribution in [0, 0.1) is 6.92 Å². The molecule has 0 radical (unpaired) electrons. The van der Waals surface area contributed by atoms with Gasteiger partial charge in [-0.3, -0.25) is 11.3 Å². The van der Waals surface area contributed by atoms with Crippen molar-refractivity contribution in [3.8, 4) is 5.75 Å². The summed E-state index contributed by atoms with van der Waals surface area (Å²) in [6, 6.07) is 6.17. The van der Waals surface area contributed by atoms with Crippen LogP contribution in [0.1, 0.15) is 23.6 Å². The van der Waals surface area contributed by atoms with Crippen molar-refractivity contribution in [3.05, 3.63) is 42.0 Å². The Morgan fingerprint density at radius 3 is 2.87 bits per heavy atom. The van der Waals surface area contributed by atoms with Crippen molar-refractivity contribution in [2.75, 3.05) is 7.11 Å². The minimum absolute atomic E-state index is 0.0944. The molecule has 0 saturated carbocycles.